The summed E-state index contributed by atoms with van der Waals surface area (Å²) in [5.41, 5.74) is 2.71. The van der Waals surface area contributed by atoms with Crippen LogP contribution >= 0.6 is 0 Å². The summed E-state index contributed by atoms with van der Waals surface area (Å²) in [5.74, 6) is -0.0242. The summed E-state index contributed by atoms with van der Waals surface area (Å²) in [5, 5.41) is 8.46. The Hall–Kier alpha value is -3.07. The van der Waals surface area contributed by atoms with Gasteiger partial charge in [-0.3, -0.25) is 9.48 Å². The molecule has 9 heteroatoms. The van der Waals surface area contributed by atoms with Crippen LogP contribution < -0.4 is 0 Å². The van der Waals surface area contributed by atoms with Crippen LogP contribution in [-0.2, 0) is 29.5 Å². The molecule has 5 rings (SSSR count). The van der Waals surface area contributed by atoms with Crippen LogP contribution in [0.1, 0.15) is 24.1 Å². The first-order valence-electron chi connectivity index (χ1n) is 9.66. The molecule has 29 heavy (non-hydrogen) atoms. The monoisotopic (exact) mass is 397 g/mol. The van der Waals surface area contributed by atoms with Crippen LogP contribution in [0.25, 0.3) is 23.0 Å². The van der Waals surface area contributed by atoms with Gasteiger partial charge in [0, 0.05) is 44.4 Å². The molecule has 2 aliphatic rings. The number of hydrogen-bond acceptors (Lipinski definition) is 6. The van der Waals surface area contributed by atoms with Crippen molar-refractivity contribution in [3.63, 3.8) is 0 Å². The lowest BCUT2D eigenvalue weighted by Gasteiger charge is -2.29. The van der Waals surface area contributed by atoms with Gasteiger partial charge in [-0.15, -0.1) is 0 Å². The van der Waals surface area contributed by atoms with Crippen molar-refractivity contribution in [2.45, 2.75) is 31.9 Å². The predicted molar refractivity (Wildman–Crippen MR) is 100.0 cm³/mol. The molecule has 1 unspecified atom stereocenters. The zero-order valence-corrected chi connectivity index (χ0v) is 16.0. The average molecular weight is 397 g/mol. The topological polar surface area (TPSA) is 86.3 Å². The lowest BCUT2D eigenvalue weighted by atomic mass is 10.0. The Morgan fingerprint density at radius 3 is 2.97 bits per heavy atom. The number of hydrogen-bond donors (Lipinski definition) is 0. The molecule has 0 aliphatic carbocycles. The largest absolute Gasteiger partial charge is 0.368 e. The summed E-state index contributed by atoms with van der Waals surface area (Å²) >= 11 is 0. The van der Waals surface area contributed by atoms with E-state index in [-0.39, 0.29) is 29.3 Å². The number of ether oxygens (including phenoxy) is 1. The van der Waals surface area contributed by atoms with Crippen LogP contribution in [0.2, 0.25) is 0 Å². The van der Waals surface area contributed by atoms with Crippen LogP contribution in [-0.4, -0.2) is 50.0 Å². The Kier molecular flexibility index (Phi) is 4.39. The molecule has 0 N–H and O–H groups in total. The quantitative estimate of drug-likeness (QED) is 0.674. The molecular weight excluding hydrogens is 377 g/mol. The Bertz CT molecular complexity index is 1070. The highest BCUT2D eigenvalue weighted by Crippen LogP contribution is 2.31. The van der Waals surface area contributed by atoms with Crippen molar-refractivity contribution < 1.29 is 18.4 Å². The molecular formula is C20H20FN5O3. The van der Waals surface area contributed by atoms with Gasteiger partial charge >= 0.3 is 0 Å². The Labute approximate surface area is 166 Å². The van der Waals surface area contributed by atoms with Crippen molar-refractivity contribution >= 4 is 5.91 Å². The molecule has 2 aliphatic heterocycles. The Morgan fingerprint density at radius 1 is 1.31 bits per heavy atom. The van der Waals surface area contributed by atoms with E-state index in [2.05, 4.69) is 15.2 Å². The van der Waals surface area contributed by atoms with E-state index >= 15 is 0 Å². The third-order valence-electron chi connectivity index (χ3n) is 5.50. The second-order valence-electron chi connectivity index (χ2n) is 7.31. The highest BCUT2D eigenvalue weighted by molar-refractivity contribution is 5.81. The van der Waals surface area contributed by atoms with Crippen LogP contribution in [0.3, 0.4) is 0 Å². The number of aromatic nitrogens is 4. The molecule has 1 atom stereocenters. The van der Waals surface area contributed by atoms with E-state index < -0.39 is 5.82 Å². The van der Waals surface area contributed by atoms with Crippen molar-refractivity contribution in [1.29, 1.82) is 0 Å². The Morgan fingerprint density at radius 2 is 2.17 bits per heavy atom. The normalized spacial score (nSPS) is 18.8. The summed E-state index contributed by atoms with van der Waals surface area (Å²) < 4.78 is 26.8. The highest BCUT2D eigenvalue weighted by Gasteiger charge is 2.34. The van der Waals surface area contributed by atoms with Crippen molar-refractivity contribution in [3.8, 4) is 23.0 Å². The second kappa shape index (κ2) is 7.07. The minimum atomic E-state index is -0.420. The molecule has 1 fully saturated rings. The van der Waals surface area contributed by atoms with Crippen LogP contribution in [0.5, 0.6) is 0 Å². The summed E-state index contributed by atoms with van der Waals surface area (Å²) in [6.45, 7) is 1.66. The maximum Gasteiger partial charge on any atom is 0.279 e. The van der Waals surface area contributed by atoms with Gasteiger partial charge in [-0.1, -0.05) is 17.3 Å². The van der Waals surface area contributed by atoms with Crippen LogP contribution in [0.15, 0.2) is 28.8 Å². The lowest BCUT2D eigenvalue weighted by molar-refractivity contribution is -0.141. The minimum absolute atomic E-state index is 0.0144. The molecule has 1 aromatic carbocycles. The lowest BCUT2D eigenvalue weighted by Crippen LogP contribution is -2.42. The number of benzene rings is 1. The van der Waals surface area contributed by atoms with Crippen molar-refractivity contribution in [2.24, 2.45) is 7.05 Å². The third kappa shape index (κ3) is 3.11. The molecule has 8 nitrogen and oxygen atoms in total. The standard InChI is InChI=1S/C20H20FN5O3/c1-25-15-8-9-26(20(27)16-7-4-10-28-16)11-13(15)17(23-25)19-22-18(24-29-19)12-5-2-3-6-14(12)21/h2-3,5-6,16H,4,7-11H2,1H3. The van der Waals surface area contributed by atoms with Crippen molar-refractivity contribution in [1.82, 2.24) is 24.8 Å². The summed E-state index contributed by atoms with van der Waals surface area (Å²) in [4.78, 5) is 18.9. The van der Waals surface area contributed by atoms with Gasteiger partial charge in [0.1, 0.15) is 11.9 Å². The van der Waals surface area contributed by atoms with E-state index in [0.29, 0.717) is 31.8 Å². The molecule has 3 aromatic rings. The van der Waals surface area contributed by atoms with Gasteiger partial charge in [0.2, 0.25) is 5.82 Å². The fourth-order valence-corrected chi connectivity index (χ4v) is 4.00. The highest BCUT2D eigenvalue weighted by atomic mass is 19.1. The molecule has 1 saturated heterocycles. The Balaban J connectivity index is 1.46. The number of carbonyl (C=O) groups is 1. The van der Waals surface area contributed by atoms with Gasteiger partial charge in [-0.2, -0.15) is 10.1 Å². The molecule has 0 bridgehead atoms. The first kappa shape index (κ1) is 18.0. The molecule has 0 radical (unpaired) electrons. The van der Waals surface area contributed by atoms with E-state index in [9.17, 15) is 9.18 Å². The van der Waals surface area contributed by atoms with Crippen LogP contribution in [0, 0.1) is 5.82 Å². The van der Waals surface area contributed by atoms with E-state index in [0.717, 1.165) is 24.1 Å². The molecule has 0 saturated carbocycles. The molecule has 1 amide bonds. The minimum Gasteiger partial charge on any atom is -0.368 e. The van der Waals surface area contributed by atoms with E-state index in [1.807, 2.05) is 7.05 Å². The average Bonchev–Trinajstić information content (AvgIpc) is 3.48. The van der Waals surface area contributed by atoms with Gasteiger partial charge < -0.3 is 14.2 Å². The zero-order valence-electron chi connectivity index (χ0n) is 16.0. The SMILES string of the molecule is Cn1nc(-c2nc(-c3ccccc3F)no2)c2c1CCN(C(=O)C1CCCO1)C2. The van der Waals surface area contributed by atoms with E-state index in [4.69, 9.17) is 9.26 Å². The summed E-state index contributed by atoms with van der Waals surface area (Å²) in [6.07, 6.45) is 2.00. The van der Waals surface area contributed by atoms with Crippen molar-refractivity contribution in [2.75, 3.05) is 13.2 Å². The predicted octanol–water partition coefficient (Wildman–Crippen LogP) is 2.34. The second-order valence-corrected chi connectivity index (χ2v) is 7.31. The molecule has 4 heterocycles. The number of aryl methyl sites for hydroxylation is 1. The van der Waals surface area contributed by atoms with Crippen LogP contribution in [0.4, 0.5) is 4.39 Å². The maximum atomic E-state index is 14.1. The van der Waals surface area contributed by atoms with Gasteiger partial charge in [-0.05, 0) is 25.0 Å². The van der Waals surface area contributed by atoms with Gasteiger partial charge in [0.05, 0.1) is 5.56 Å². The number of fused-ring (bicyclic) bond motifs is 1. The first-order valence-corrected chi connectivity index (χ1v) is 9.66. The van der Waals surface area contributed by atoms with E-state index in [1.165, 1.54) is 6.07 Å². The summed E-state index contributed by atoms with van der Waals surface area (Å²) in [6, 6.07) is 6.27. The number of amides is 1. The maximum absolute atomic E-state index is 14.1. The number of carbonyl (C=O) groups excluding carboxylic acids is 1. The van der Waals surface area contributed by atoms with Crippen molar-refractivity contribution in [3.05, 3.63) is 41.3 Å². The zero-order chi connectivity index (χ0) is 20.0. The number of halogens is 1. The molecule has 2 aromatic heterocycles. The van der Waals surface area contributed by atoms with E-state index in [1.54, 1.807) is 27.8 Å². The third-order valence-corrected chi connectivity index (χ3v) is 5.50. The molecule has 150 valence electrons. The molecule has 0 spiro atoms. The van der Waals surface area contributed by atoms with Gasteiger partial charge in [-0.25, -0.2) is 4.39 Å². The number of rotatable bonds is 3. The number of nitrogens with zero attached hydrogens (tertiary/aromatic N) is 5. The summed E-state index contributed by atoms with van der Waals surface area (Å²) in [7, 11) is 1.86. The fraction of sp³-hybridized carbons (Fsp3) is 0.400. The fourth-order valence-electron chi connectivity index (χ4n) is 4.00. The van der Waals surface area contributed by atoms with Gasteiger partial charge in [0.15, 0.2) is 5.69 Å². The smallest absolute Gasteiger partial charge is 0.279 e. The van der Waals surface area contributed by atoms with Gasteiger partial charge in [0.25, 0.3) is 11.8 Å². The first-order chi connectivity index (χ1) is 14.1.